The summed E-state index contributed by atoms with van der Waals surface area (Å²) >= 11 is 0. The second-order valence-electron chi connectivity index (χ2n) is 14.8. The van der Waals surface area contributed by atoms with E-state index in [1.54, 1.807) is 0 Å². The van der Waals surface area contributed by atoms with Crippen LogP contribution < -0.4 is 0 Å². The van der Waals surface area contributed by atoms with Gasteiger partial charge in [-0.25, -0.2) is 4.98 Å². The van der Waals surface area contributed by atoms with Crippen LogP contribution in [0.3, 0.4) is 0 Å². The zero-order valence-electron chi connectivity index (χ0n) is 30.3. The quantitative estimate of drug-likeness (QED) is 0.151. The zero-order valence-corrected chi connectivity index (χ0v) is 30.3. The van der Waals surface area contributed by atoms with Gasteiger partial charge < -0.3 is 4.57 Å². The van der Waals surface area contributed by atoms with E-state index in [4.69, 9.17) is 4.98 Å². The normalized spacial score (nSPS) is 11.7. The number of benzene rings is 6. The summed E-state index contributed by atoms with van der Waals surface area (Å²) in [6.07, 6.45) is 4.03. The first-order chi connectivity index (χ1) is 24.9. The molecule has 0 atom stereocenters. The molecule has 0 bridgehead atoms. The van der Waals surface area contributed by atoms with Crippen LogP contribution >= 0.6 is 0 Å². The molecule has 0 N–H and O–H groups in total. The van der Waals surface area contributed by atoms with Gasteiger partial charge in [-0.3, -0.25) is 4.57 Å². The average molecular weight is 664 g/mol. The highest BCUT2D eigenvalue weighted by molar-refractivity contribution is 6.10. The van der Waals surface area contributed by atoms with Crippen molar-refractivity contribution in [2.75, 3.05) is 0 Å². The van der Waals surface area contributed by atoms with Gasteiger partial charge in [0.1, 0.15) is 5.82 Å². The Kier molecular flexibility index (Phi) is 8.65. The molecule has 0 aliphatic rings. The first kappa shape index (κ1) is 32.5. The Bertz CT molecular complexity index is 2430. The molecule has 0 amide bonds. The van der Waals surface area contributed by atoms with E-state index < -0.39 is 0 Å². The first-order valence-electron chi connectivity index (χ1n) is 18.3. The largest absolute Gasteiger partial charge is 0.309 e. The van der Waals surface area contributed by atoms with Crippen LogP contribution in [0, 0.1) is 18.8 Å². The third kappa shape index (κ3) is 6.18. The molecule has 2 aromatic heterocycles. The smallest absolute Gasteiger partial charge is 0.144 e. The van der Waals surface area contributed by atoms with Crippen LogP contribution in [-0.2, 0) is 12.8 Å². The van der Waals surface area contributed by atoms with E-state index in [0.717, 1.165) is 35.6 Å². The van der Waals surface area contributed by atoms with Gasteiger partial charge in [-0.15, -0.1) is 0 Å². The third-order valence-corrected chi connectivity index (χ3v) is 9.96. The summed E-state index contributed by atoms with van der Waals surface area (Å²) in [5.41, 5.74) is 14.9. The third-order valence-electron chi connectivity index (χ3n) is 9.96. The number of imidazole rings is 1. The van der Waals surface area contributed by atoms with Crippen molar-refractivity contribution < 1.29 is 0 Å². The molecule has 51 heavy (non-hydrogen) atoms. The lowest BCUT2D eigenvalue weighted by Crippen LogP contribution is -2.11. The van der Waals surface area contributed by atoms with Crippen molar-refractivity contribution in [2.24, 2.45) is 11.8 Å². The van der Waals surface area contributed by atoms with Crippen LogP contribution in [0.2, 0.25) is 0 Å². The fraction of sp³-hybridized carbons (Fsp3) is 0.188. The summed E-state index contributed by atoms with van der Waals surface area (Å²) < 4.78 is 4.81. The predicted molar refractivity (Wildman–Crippen MR) is 216 cm³/mol. The van der Waals surface area contributed by atoms with Gasteiger partial charge in [0.2, 0.25) is 0 Å². The Morgan fingerprint density at radius 3 is 1.67 bits per heavy atom. The highest BCUT2D eigenvalue weighted by atomic mass is 15.1. The van der Waals surface area contributed by atoms with E-state index in [9.17, 15) is 0 Å². The summed E-state index contributed by atoms with van der Waals surface area (Å²) in [5, 5.41) is 2.52. The minimum Gasteiger partial charge on any atom is -0.309 e. The monoisotopic (exact) mass is 663 g/mol. The molecular formula is C48H45N3. The van der Waals surface area contributed by atoms with Crippen LogP contribution in [0.5, 0.6) is 0 Å². The van der Waals surface area contributed by atoms with Crippen LogP contribution in [-0.4, -0.2) is 14.1 Å². The molecule has 0 aliphatic heterocycles. The molecule has 0 radical (unpaired) electrons. The molecule has 8 aromatic rings. The Morgan fingerprint density at radius 1 is 0.490 bits per heavy atom. The van der Waals surface area contributed by atoms with Crippen molar-refractivity contribution in [1.29, 1.82) is 0 Å². The lowest BCUT2D eigenvalue weighted by molar-refractivity contribution is 0.631. The molecule has 0 aliphatic carbocycles. The lowest BCUT2D eigenvalue weighted by atomic mass is 9.89. The number of hydrogen-bond acceptors (Lipinski definition) is 1. The molecule has 0 unspecified atom stereocenters. The average Bonchev–Trinajstić information content (AvgIpc) is 3.69. The van der Waals surface area contributed by atoms with Crippen LogP contribution in [0.1, 0.15) is 44.5 Å². The van der Waals surface area contributed by atoms with E-state index in [2.05, 4.69) is 183 Å². The lowest BCUT2D eigenvalue weighted by Gasteiger charge is -2.23. The van der Waals surface area contributed by atoms with Crippen molar-refractivity contribution in [3.8, 4) is 45.0 Å². The van der Waals surface area contributed by atoms with Crippen molar-refractivity contribution in [3.63, 3.8) is 0 Å². The van der Waals surface area contributed by atoms with Gasteiger partial charge in [-0.1, -0.05) is 113 Å². The summed E-state index contributed by atoms with van der Waals surface area (Å²) in [6.45, 7) is 11.5. The summed E-state index contributed by atoms with van der Waals surface area (Å²) in [4.78, 5) is 5.07. The fourth-order valence-electron chi connectivity index (χ4n) is 7.78. The molecule has 0 saturated carbocycles. The number of aryl methyl sites for hydroxylation is 1. The van der Waals surface area contributed by atoms with Gasteiger partial charge in [-0.05, 0) is 120 Å². The van der Waals surface area contributed by atoms with Gasteiger partial charge >= 0.3 is 0 Å². The molecule has 8 rings (SSSR count). The second-order valence-corrected chi connectivity index (χ2v) is 14.8. The minimum absolute atomic E-state index is 0.517. The predicted octanol–water partition coefficient (Wildman–Crippen LogP) is 12.7. The number of nitrogens with zero attached hydrogens (tertiary/aromatic N) is 3. The molecule has 6 aromatic carbocycles. The number of hydrogen-bond donors (Lipinski definition) is 0. The highest BCUT2D eigenvalue weighted by Gasteiger charge is 2.21. The Labute approximate surface area is 301 Å². The topological polar surface area (TPSA) is 22.8 Å². The first-order valence-corrected chi connectivity index (χ1v) is 18.3. The molecule has 0 fully saturated rings. The maximum Gasteiger partial charge on any atom is 0.144 e. The maximum absolute atomic E-state index is 5.07. The summed E-state index contributed by atoms with van der Waals surface area (Å²) in [6, 6.07) is 50.9. The highest BCUT2D eigenvalue weighted by Crippen LogP contribution is 2.37. The van der Waals surface area contributed by atoms with Crippen molar-refractivity contribution in [1.82, 2.24) is 14.1 Å². The van der Waals surface area contributed by atoms with Gasteiger partial charge in [0.15, 0.2) is 0 Å². The number of fused-ring (bicyclic) bond motifs is 3. The SMILES string of the molecule is Cc1cnc(-c2ccc(-n3c4ccccc4c4cc(-c5ccccc5)ccc43)cc2)n1-c1c(CC(C)C)cc(-c2ccccc2)cc1CC(C)C. The van der Waals surface area contributed by atoms with E-state index in [-0.39, 0.29) is 0 Å². The molecule has 0 saturated heterocycles. The molecule has 3 nitrogen and oxygen atoms in total. The van der Waals surface area contributed by atoms with Crippen molar-refractivity contribution in [3.05, 3.63) is 163 Å². The Hall–Kier alpha value is -5.67. The van der Waals surface area contributed by atoms with Crippen molar-refractivity contribution >= 4 is 21.8 Å². The molecule has 2 heterocycles. The van der Waals surface area contributed by atoms with Crippen LogP contribution in [0.25, 0.3) is 66.8 Å². The van der Waals surface area contributed by atoms with E-state index in [1.165, 1.54) is 60.9 Å². The Morgan fingerprint density at radius 2 is 1.04 bits per heavy atom. The second kappa shape index (κ2) is 13.6. The van der Waals surface area contributed by atoms with Gasteiger partial charge in [0.25, 0.3) is 0 Å². The maximum atomic E-state index is 5.07. The number of para-hydroxylation sites is 1. The van der Waals surface area contributed by atoms with Gasteiger partial charge in [0.05, 0.1) is 16.7 Å². The number of aromatic nitrogens is 3. The standard InChI is InChI=1S/C48H45N3/c1-32(2)26-40-28-39(36-16-10-7-11-17-36)29-41(27-33(3)4)47(40)50-34(5)31-49-48(50)37-20-23-42(24-21-37)51-45-19-13-12-18-43(45)44-30-38(22-25-46(44)51)35-14-8-6-9-15-35/h6-25,28-33H,26-27H2,1-5H3. The number of rotatable bonds is 9. The molecule has 0 spiro atoms. The molecule has 3 heteroatoms. The summed E-state index contributed by atoms with van der Waals surface area (Å²) in [7, 11) is 0. The van der Waals surface area contributed by atoms with Crippen LogP contribution in [0.15, 0.2) is 146 Å². The van der Waals surface area contributed by atoms with Gasteiger partial charge in [0, 0.05) is 33.9 Å². The van der Waals surface area contributed by atoms with Crippen molar-refractivity contribution in [2.45, 2.75) is 47.5 Å². The minimum atomic E-state index is 0.517. The zero-order chi connectivity index (χ0) is 35.1. The summed E-state index contributed by atoms with van der Waals surface area (Å²) in [5.74, 6) is 2.02. The van der Waals surface area contributed by atoms with Crippen LogP contribution in [0.4, 0.5) is 0 Å². The van der Waals surface area contributed by atoms with E-state index in [1.807, 2.05) is 6.20 Å². The van der Waals surface area contributed by atoms with E-state index >= 15 is 0 Å². The molecular weight excluding hydrogens is 619 g/mol. The Balaban J connectivity index is 1.25. The van der Waals surface area contributed by atoms with E-state index in [0.29, 0.717) is 11.8 Å². The van der Waals surface area contributed by atoms with Gasteiger partial charge in [-0.2, -0.15) is 0 Å². The molecule has 252 valence electrons. The fourth-order valence-corrected chi connectivity index (χ4v) is 7.78.